The van der Waals surface area contributed by atoms with Crippen molar-refractivity contribution in [3.05, 3.63) is 89.5 Å². The number of rotatable bonds is 14. The quantitative estimate of drug-likeness (QED) is 0.139. The van der Waals surface area contributed by atoms with Crippen LogP contribution >= 0.6 is 0 Å². The minimum Gasteiger partial charge on any atom is -0.481 e. The molecule has 1 aliphatic rings. The van der Waals surface area contributed by atoms with E-state index in [2.05, 4.69) is 33.4 Å². The van der Waals surface area contributed by atoms with Gasteiger partial charge in [0.2, 0.25) is 11.8 Å². The van der Waals surface area contributed by atoms with E-state index in [0.717, 1.165) is 27.8 Å². The van der Waals surface area contributed by atoms with Crippen LogP contribution in [0.2, 0.25) is 0 Å². The van der Waals surface area contributed by atoms with E-state index in [1.807, 2.05) is 36.4 Å². The van der Waals surface area contributed by atoms with Gasteiger partial charge in [0.25, 0.3) is 0 Å². The molecule has 5 N–H and O–H groups in total. The van der Waals surface area contributed by atoms with Crippen LogP contribution in [-0.2, 0) is 30.3 Å². The topological polar surface area (TPSA) is 172 Å². The summed E-state index contributed by atoms with van der Waals surface area (Å²) in [6.07, 6.45) is -0.824. The van der Waals surface area contributed by atoms with Crippen LogP contribution in [0.25, 0.3) is 11.1 Å². The monoisotopic (exact) mass is 700 g/mol. The summed E-state index contributed by atoms with van der Waals surface area (Å²) in [6.45, 7) is 10.1. The molecule has 12 heteroatoms. The Morgan fingerprint density at radius 3 is 1.94 bits per heavy atom. The maximum atomic E-state index is 13.0. The molecule has 3 aromatic rings. The standard InChI is InChI=1S/C39H48N4O8/c1-23(2)34(43-37(48)50-22-32-30-13-9-7-11-28(30)29-12-8-10-14-31(29)32)35(45)40-21-33(44)41-26-17-15-25(16-18-26)20-27(19-24(3)36(46)47)42-38(49)51-39(4,5)6/h7-18,23-24,27,32,34H,19-22H2,1-6H3,(H,40,45)(H,41,44)(H,42,49)(H,43,48)(H,46,47)/t24-,27+,34-/m0/s1. The number of carbonyl (C=O) groups excluding carboxylic acids is 4. The number of ether oxygens (including phenoxy) is 2. The third-order valence-electron chi connectivity index (χ3n) is 8.49. The molecule has 0 spiro atoms. The normalized spacial score (nSPS) is 13.9. The zero-order chi connectivity index (χ0) is 37.3. The van der Waals surface area contributed by atoms with Gasteiger partial charge in [0.1, 0.15) is 18.2 Å². The van der Waals surface area contributed by atoms with E-state index in [1.165, 1.54) is 0 Å². The van der Waals surface area contributed by atoms with E-state index in [4.69, 9.17) is 9.47 Å². The smallest absolute Gasteiger partial charge is 0.407 e. The molecule has 3 atom stereocenters. The van der Waals surface area contributed by atoms with E-state index in [0.29, 0.717) is 12.1 Å². The third-order valence-corrected chi connectivity index (χ3v) is 8.49. The predicted octanol–water partition coefficient (Wildman–Crippen LogP) is 5.85. The largest absolute Gasteiger partial charge is 0.481 e. The maximum Gasteiger partial charge on any atom is 0.407 e. The summed E-state index contributed by atoms with van der Waals surface area (Å²) in [5.74, 6) is -3.06. The van der Waals surface area contributed by atoms with Gasteiger partial charge in [0, 0.05) is 17.6 Å². The molecule has 4 amide bonds. The molecule has 0 saturated carbocycles. The molecule has 0 radical (unpaired) electrons. The van der Waals surface area contributed by atoms with Gasteiger partial charge in [-0.25, -0.2) is 9.59 Å². The highest BCUT2D eigenvalue weighted by molar-refractivity contribution is 5.95. The van der Waals surface area contributed by atoms with E-state index >= 15 is 0 Å². The predicted molar refractivity (Wildman–Crippen MR) is 193 cm³/mol. The first-order valence-corrected chi connectivity index (χ1v) is 17.1. The van der Waals surface area contributed by atoms with Gasteiger partial charge >= 0.3 is 18.2 Å². The Bertz CT molecular complexity index is 1670. The lowest BCUT2D eigenvalue weighted by molar-refractivity contribution is -0.141. The van der Waals surface area contributed by atoms with E-state index in [9.17, 15) is 29.1 Å². The number of hydrogen-bond acceptors (Lipinski definition) is 7. The first-order valence-electron chi connectivity index (χ1n) is 17.1. The first-order chi connectivity index (χ1) is 24.1. The van der Waals surface area contributed by atoms with Gasteiger partial charge in [-0.2, -0.15) is 0 Å². The van der Waals surface area contributed by atoms with Crippen LogP contribution in [0.3, 0.4) is 0 Å². The summed E-state index contributed by atoms with van der Waals surface area (Å²) in [5.41, 5.74) is 4.95. The zero-order valence-corrected chi connectivity index (χ0v) is 29.9. The number of amides is 4. The minimum atomic E-state index is -0.969. The lowest BCUT2D eigenvalue weighted by Crippen LogP contribution is -2.51. The molecule has 3 aromatic carbocycles. The van der Waals surface area contributed by atoms with E-state index in [1.54, 1.807) is 65.8 Å². The summed E-state index contributed by atoms with van der Waals surface area (Å²) in [6, 6.07) is 21.5. The number of fused-ring (bicyclic) bond motifs is 3. The van der Waals surface area contributed by atoms with Crippen molar-refractivity contribution in [3.63, 3.8) is 0 Å². The van der Waals surface area contributed by atoms with Gasteiger partial charge in [0.05, 0.1) is 12.5 Å². The van der Waals surface area contributed by atoms with E-state index in [-0.39, 0.29) is 31.4 Å². The highest BCUT2D eigenvalue weighted by atomic mass is 16.6. The van der Waals surface area contributed by atoms with Crippen molar-refractivity contribution in [2.24, 2.45) is 11.8 Å². The van der Waals surface area contributed by atoms with Crippen molar-refractivity contribution >= 4 is 35.7 Å². The number of aliphatic carboxylic acids is 1. The number of hydrogen-bond donors (Lipinski definition) is 5. The Labute approximate surface area is 298 Å². The summed E-state index contributed by atoms with van der Waals surface area (Å²) in [5, 5.41) is 20.1. The molecule has 4 rings (SSSR count). The number of carboxylic acids is 1. The number of alkyl carbamates (subject to hydrolysis) is 2. The molecule has 0 fully saturated rings. The Morgan fingerprint density at radius 2 is 1.39 bits per heavy atom. The van der Waals surface area contributed by atoms with Crippen LogP contribution in [0.5, 0.6) is 0 Å². The molecule has 12 nitrogen and oxygen atoms in total. The summed E-state index contributed by atoms with van der Waals surface area (Å²) < 4.78 is 11.0. The maximum absolute atomic E-state index is 13.0. The minimum absolute atomic E-state index is 0.107. The molecular formula is C39H48N4O8. The lowest BCUT2D eigenvalue weighted by atomic mass is 9.96. The average Bonchev–Trinajstić information content (AvgIpc) is 3.38. The van der Waals surface area contributed by atoms with Crippen molar-refractivity contribution in [1.29, 1.82) is 0 Å². The van der Waals surface area contributed by atoms with Gasteiger partial charge in [-0.05, 0) is 79.5 Å². The SMILES string of the molecule is CC(C)[C@H](NC(=O)OCC1c2ccccc2-c2ccccc21)C(=O)NCC(=O)Nc1ccc(C[C@@H](C[C@H](C)C(=O)O)NC(=O)OC(C)(C)C)cc1. The van der Waals surface area contributed by atoms with Gasteiger partial charge in [-0.15, -0.1) is 0 Å². The molecular weight excluding hydrogens is 652 g/mol. The van der Waals surface area contributed by atoms with Crippen molar-refractivity contribution < 1.29 is 38.6 Å². The Hall–Kier alpha value is -5.39. The molecule has 0 bridgehead atoms. The third kappa shape index (κ3) is 11.1. The van der Waals surface area contributed by atoms with Crippen LogP contribution < -0.4 is 21.3 Å². The molecule has 0 heterocycles. The second kappa shape index (κ2) is 17.0. The number of anilines is 1. The van der Waals surface area contributed by atoms with Gasteiger partial charge in [0.15, 0.2) is 0 Å². The van der Waals surface area contributed by atoms with Gasteiger partial charge < -0.3 is 35.8 Å². The number of benzene rings is 3. The van der Waals surface area contributed by atoms with Crippen molar-refractivity contribution in [2.45, 2.75) is 78.0 Å². The molecule has 0 aromatic heterocycles. The lowest BCUT2D eigenvalue weighted by Gasteiger charge is -2.25. The van der Waals surface area contributed by atoms with E-state index < -0.39 is 53.6 Å². The Kier molecular flexibility index (Phi) is 12.8. The fourth-order valence-electron chi connectivity index (χ4n) is 5.99. The Balaban J connectivity index is 1.26. The Morgan fingerprint density at radius 1 is 0.804 bits per heavy atom. The van der Waals surface area contributed by atoms with Gasteiger partial charge in [-0.3, -0.25) is 14.4 Å². The zero-order valence-electron chi connectivity index (χ0n) is 29.9. The fourth-order valence-corrected chi connectivity index (χ4v) is 5.99. The summed E-state index contributed by atoms with van der Waals surface area (Å²) in [7, 11) is 0. The number of carbonyl (C=O) groups is 5. The van der Waals surface area contributed by atoms with Crippen molar-refractivity contribution in [2.75, 3.05) is 18.5 Å². The fraction of sp³-hybridized carbons (Fsp3) is 0.410. The van der Waals surface area contributed by atoms with Crippen LogP contribution in [0, 0.1) is 11.8 Å². The molecule has 0 aliphatic heterocycles. The van der Waals surface area contributed by atoms with Gasteiger partial charge in [-0.1, -0.05) is 81.4 Å². The highest BCUT2D eigenvalue weighted by Gasteiger charge is 2.31. The summed E-state index contributed by atoms with van der Waals surface area (Å²) >= 11 is 0. The molecule has 51 heavy (non-hydrogen) atoms. The van der Waals surface area contributed by atoms with Crippen molar-refractivity contribution in [1.82, 2.24) is 16.0 Å². The second-order valence-corrected chi connectivity index (χ2v) is 14.2. The highest BCUT2D eigenvalue weighted by Crippen LogP contribution is 2.44. The number of carboxylic acid groups (broad SMARTS) is 1. The number of nitrogens with one attached hydrogen (secondary N) is 4. The molecule has 272 valence electrons. The van der Waals surface area contributed by atoms with Crippen LogP contribution in [0.15, 0.2) is 72.8 Å². The first kappa shape index (κ1) is 38.4. The van der Waals surface area contributed by atoms with Crippen LogP contribution in [0.4, 0.5) is 15.3 Å². The van der Waals surface area contributed by atoms with Crippen molar-refractivity contribution in [3.8, 4) is 11.1 Å². The van der Waals surface area contributed by atoms with Crippen LogP contribution in [0.1, 0.15) is 70.6 Å². The second-order valence-electron chi connectivity index (χ2n) is 14.2. The summed E-state index contributed by atoms with van der Waals surface area (Å²) in [4.78, 5) is 62.5. The van der Waals surface area contributed by atoms with Crippen LogP contribution in [-0.4, -0.2) is 65.9 Å². The molecule has 0 unspecified atom stereocenters. The average molecular weight is 701 g/mol. The molecule has 0 saturated heterocycles. The molecule has 1 aliphatic carbocycles.